The maximum absolute atomic E-state index is 13.7. The number of hydrogen-bond donors (Lipinski definition) is 0. The van der Waals surface area contributed by atoms with Gasteiger partial charge in [-0.3, -0.25) is 9.69 Å². The van der Waals surface area contributed by atoms with Gasteiger partial charge in [0.05, 0.1) is 12.1 Å². The number of pyridine rings is 1. The van der Waals surface area contributed by atoms with Crippen molar-refractivity contribution in [1.29, 1.82) is 0 Å². The van der Waals surface area contributed by atoms with Gasteiger partial charge in [0, 0.05) is 73.2 Å². The second-order valence-corrected chi connectivity index (χ2v) is 13.8. The van der Waals surface area contributed by atoms with E-state index in [1.807, 2.05) is 34.4 Å². The highest BCUT2D eigenvalue weighted by Crippen LogP contribution is 2.31. The minimum atomic E-state index is -0.282. The zero-order valence-electron chi connectivity index (χ0n) is 26.2. The average molecular weight is 628 g/mol. The summed E-state index contributed by atoms with van der Waals surface area (Å²) >= 11 is 1.81. The first-order valence-electron chi connectivity index (χ1n) is 16.9. The van der Waals surface area contributed by atoms with Crippen LogP contribution in [0.3, 0.4) is 0 Å². The monoisotopic (exact) mass is 627 g/mol. The number of thiophene rings is 1. The van der Waals surface area contributed by atoms with Gasteiger partial charge in [-0.1, -0.05) is 12.5 Å². The van der Waals surface area contributed by atoms with E-state index < -0.39 is 0 Å². The van der Waals surface area contributed by atoms with Crippen LogP contribution in [0.4, 0.5) is 10.5 Å². The number of fused-ring (bicyclic) bond motifs is 2. The summed E-state index contributed by atoms with van der Waals surface area (Å²) in [5.41, 5.74) is 1.70. The lowest BCUT2D eigenvalue weighted by Crippen LogP contribution is -2.50. The van der Waals surface area contributed by atoms with Crippen molar-refractivity contribution >= 4 is 44.0 Å². The quantitative estimate of drug-likeness (QED) is 0.220. The van der Waals surface area contributed by atoms with Gasteiger partial charge in [0.1, 0.15) is 5.75 Å². The number of aromatic nitrogens is 1. The van der Waals surface area contributed by atoms with Gasteiger partial charge in [-0.15, -0.1) is 11.3 Å². The summed E-state index contributed by atoms with van der Waals surface area (Å²) in [6.07, 6.45) is 7.86. The van der Waals surface area contributed by atoms with Crippen LogP contribution in [0.1, 0.15) is 44.9 Å². The predicted octanol–water partition coefficient (Wildman–Crippen LogP) is 6.12. The fourth-order valence-corrected chi connectivity index (χ4v) is 8.25. The number of piperidine rings is 2. The van der Waals surface area contributed by atoms with Crippen LogP contribution in [0, 0.1) is 0 Å². The number of likely N-dealkylation sites (tertiary alicyclic amines) is 2. The molecule has 7 rings (SSSR count). The number of unbranched alkanes of at least 4 members (excludes halogenated alkanes) is 1. The molecule has 0 N–H and O–H groups in total. The van der Waals surface area contributed by atoms with E-state index in [1.165, 1.54) is 58.8 Å². The largest absolute Gasteiger partial charge is 0.494 e. The van der Waals surface area contributed by atoms with E-state index in [9.17, 15) is 9.59 Å². The van der Waals surface area contributed by atoms with Crippen molar-refractivity contribution in [1.82, 2.24) is 19.3 Å². The van der Waals surface area contributed by atoms with Gasteiger partial charge in [-0.2, -0.15) is 0 Å². The van der Waals surface area contributed by atoms with Crippen LogP contribution < -0.4 is 15.2 Å². The smallest absolute Gasteiger partial charge is 0.331 e. The molecule has 0 saturated carbocycles. The fourth-order valence-electron chi connectivity index (χ4n) is 7.44. The Balaban J connectivity index is 0.898. The molecule has 45 heavy (non-hydrogen) atoms. The van der Waals surface area contributed by atoms with Gasteiger partial charge in [0.2, 0.25) is 0 Å². The topological polar surface area (TPSA) is 61.3 Å². The number of ether oxygens (including phenoxy) is 1. The zero-order chi connectivity index (χ0) is 30.6. The number of carbonyl (C=O) groups is 1. The minimum absolute atomic E-state index is 0.216. The molecule has 2 aromatic heterocycles. The van der Waals surface area contributed by atoms with Gasteiger partial charge in [-0.25, -0.2) is 9.36 Å². The molecule has 3 aliphatic rings. The van der Waals surface area contributed by atoms with Gasteiger partial charge in [0.15, 0.2) is 0 Å². The van der Waals surface area contributed by atoms with E-state index in [2.05, 4.69) is 44.3 Å². The Bertz CT molecular complexity index is 1660. The van der Waals surface area contributed by atoms with Crippen LogP contribution >= 0.6 is 11.3 Å². The van der Waals surface area contributed by atoms with Crippen LogP contribution in [0.5, 0.6) is 5.75 Å². The van der Waals surface area contributed by atoms with Gasteiger partial charge >= 0.3 is 6.03 Å². The van der Waals surface area contributed by atoms with E-state index >= 15 is 0 Å². The molecule has 0 unspecified atom stereocenters. The summed E-state index contributed by atoms with van der Waals surface area (Å²) in [6.45, 7) is 9.68. The van der Waals surface area contributed by atoms with Crippen LogP contribution in [0.15, 0.2) is 64.8 Å². The lowest BCUT2D eigenvalue weighted by atomic mass is 10.00. The first-order valence-corrected chi connectivity index (χ1v) is 17.8. The molecule has 9 heteroatoms. The van der Waals surface area contributed by atoms with Crippen LogP contribution in [-0.2, 0) is 0 Å². The molecule has 3 aliphatic heterocycles. The van der Waals surface area contributed by atoms with Crippen LogP contribution in [0.2, 0.25) is 0 Å². The van der Waals surface area contributed by atoms with E-state index in [1.54, 1.807) is 6.07 Å². The first kappa shape index (κ1) is 30.3. The number of anilines is 1. The van der Waals surface area contributed by atoms with E-state index in [-0.39, 0.29) is 11.6 Å². The van der Waals surface area contributed by atoms with E-state index in [4.69, 9.17) is 4.74 Å². The minimum Gasteiger partial charge on any atom is -0.494 e. The van der Waals surface area contributed by atoms with Crippen molar-refractivity contribution < 1.29 is 9.53 Å². The number of amides is 1. The third kappa shape index (κ3) is 6.76. The van der Waals surface area contributed by atoms with Crippen LogP contribution in [0.25, 0.3) is 21.0 Å². The maximum atomic E-state index is 13.7. The standard InChI is InChI=1S/C36H45N5O3S/c42-35-12-10-28-9-11-30(27-33(28)41(35)36(43)40-19-13-29(14-20-40)38-17-2-1-3-18-38)44-25-5-4-16-37-21-23-39(24-22-37)32-7-6-8-34-31(32)15-26-45-34/h6-12,15,26-27,29H,1-5,13-14,16-25H2. The first-order chi connectivity index (χ1) is 22.1. The number of hydrogen-bond acceptors (Lipinski definition) is 7. The maximum Gasteiger partial charge on any atom is 0.331 e. The summed E-state index contributed by atoms with van der Waals surface area (Å²) in [6, 6.07) is 18.3. The third-order valence-electron chi connectivity index (χ3n) is 10.0. The third-order valence-corrected chi connectivity index (χ3v) is 10.9. The number of benzene rings is 2. The molecule has 0 radical (unpaired) electrons. The Morgan fingerprint density at radius 2 is 1.64 bits per heavy atom. The van der Waals surface area contributed by atoms with Crippen LogP contribution in [-0.4, -0.2) is 96.8 Å². The Morgan fingerprint density at radius 1 is 0.844 bits per heavy atom. The van der Waals surface area contributed by atoms with Gasteiger partial charge < -0.3 is 19.4 Å². The fraction of sp³-hybridized carbons (Fsp3) is 0.500. The Hall–Kier alpha value is -3.40. The molecule has 1 amide bonds. The molecule has 8 nitrogen and oxygen atoms in total. The molecule has 4 aromatic rings. The van der Waals surface area contributed by atoms with Crippen molar-refractivity contribution in [2.24, 2.45) is 0 Å². The van der Waals surface area contributed by atoms with Crippen molar-refractivity contribution in [3.8, 4) is 5.75 Å². The highest BCUT2D eigenvalue weighted by atomic mass is 32.1. The Labute approximate surface area is 269 Å². The van der Waals surface area contributed by atoms with Crippen molar-refractivity contribution in [2.45, 2.75) is 51.0 Å². The number of piperazine rings is 1. The zero-order valence-corrected chi connectivity index (χ0v) is 27.1. The second-order valence-electron chi connectivity index (χ2n) is 12.8. The molecule has 238 valence electrons. The molecule has 2 aromatic carbocycles. The number of carbonyl (C=O) groups excluding carboxylic acids is 1. The molecular formula is C36H45N5O3S. The molecule has 0 atom stereocenters. The summed E-state index contributed by atoms with van der Waals surface area (Å²) in [7, 11) is 0. The second kappa shape index (κ2) is 13.9. The van der Waals surface area contributed by atoms with E-state index in [0.717, 1.165) is 63.8 Å². The highest BCUT2D eigenvalue weighted by molar-refractivity contribution is 7.17. The van der Waals surface area contributed by atoms with Gasteiger partial charge in [0.25, 0.3) is 5.56 Å². The Kier molecular flexibility index (Phi) is 9.37. The Morgan fingerprint density at radius 3 is 2.47 bits per heavy atom. The summed E-state index contributed by atoms with van der Waals surface area (Å²) < 4.78 is 8.85. The average Bonchev–Trinajstić information content (AvgIpc) is 3.58. The molecular weight excluding hydrogens is 582 g/mol. The summed E-state index contributed by atoms with van der Waals surface area (Å²) in [4.78, 5) is 36.2. The highest BCUT2D eigenvalue weighted by Gasteiger charge is 2.29. The lowest BCUT2D eigenvalue weighted by molar-refractivity contribution is 0.102. The number of rotatable bonds is 8. The van der Waals surface area contributed by atoms with Crippen molar-refractivity contribution in [3.05, 3.63) is 70.3 Å². The van der Waals surface area contributed by atoms with E-state index in [0.29, 0.717) is 37.0 Å². The predicted molar refractivity (Wildman–Crippen MR) is 184 cm³/mol. The molecule has 3 fully saturated rings. The number of nitrogens with zero attached hydrogens (tertiary/aromatic N) is 5. The molecule has 3 saturated heterocycles. The molecule has 5 heterocycles. The molecule has 0 bridgehead atoms. The molecule has 0 aliphatic carbocycles. The van der Waals surface area contributed by atoms with Crippen molar-refractivity contribution in [3.63, 3.8) is 0 Å². The normalized spacial score (nSPS) is 19.0. The lowest BCUT2D eigenvalue weighted by Gasteiger charge is -2.40. The SMILES string of the molecule is O=C(N1CCC(N2CCCCC2)CC1)n1c(=O)ccc2ccc(OCCCCN3CCN(c4cccc5sccc45)CC3)cc21. The summed E-state index contributed by atoms with van der Waals surface area (Å²) in [5, 5.41) is 4.42. The molecule has 0 spiro atoms. The summed E-state index contributed by atoms with van der Waals surface area (Å²) in [5.74, 6) is 0.703. The van der Waals surface area contributed by atoms with Crippen molar-refractivity contribution in [2.75, 3.05) is 70.4 Å². The van der Waals surface area contributed by atoms with Gasteiger partial charge in [-0.05, 0) is 105 Å².